The molecule has 4 nitrogen and oxygen atoms in total. The highest BCUT2D eigenvalue weighted by molar-refractivity contribution is 5.80. The van der Waals surface area contributed by atoms with E-state index in [1.165, 1.54) is 6.92 Å². The van der Waals surface area contributed by atoms with Crippen LogP contribution in [0.25, 0.3) is 0 Å². The van der Waals surface area contributed by atoms with Crippen molar-refractivity contribution in [1.29, 1.82) is 0 Å². The number of carbonyl (C=O) groups is 2. The number of hydrogen-bond donors (Lipinski definition) is 0. The van der Waals surface area contributed by atoms with E-state index in [0.29, 0.717) is 18.4 Å². The zero-order valence-corrected chi connectivity index (χ0v) is 12.3. The van der Waals surface area contributed by atoms with Crippen molar-refractivity contribution < 1.29 is 19.1 Å². The molecule has 0 amide bonds. The van der Waals surface area contributed by atoms with E-state index in [1.807, 2.05) is 6.92 Å². The highest BCUT2D eigenvalue weighted by atomic mass is 16.5. The number of carbonyl (C=O) groups excluding carboxylic acids is 2. The fraction of sp³-hybridized carbons (Fsp3) is 0.750. The smallest absolute Gasteiger partial charge is 0.312 e. The zero-order chi connectivity index (χ0) is 14.5. The lowest BCUT2D eigenvalue weighted by atomic mass is 9.55. The van der Waals surface area contributed by atoms with Crippen molar-refractivity contribution in [1.82, 2.24) is 0 Å². The second-order valence-corrected chi connectivity index (χ2v) is 6.74. The Balaban J connectivity index is 1.88. The van der Waals surface area contributed by atoms with Crippen molar-refractivity contribution in [2.24, 2.45) is 29.1 Å². The minimum Gasteiger partial charge on any atom is -0.465 e. The fourth-order valence-electron chi connectivity index (χ4n) is 4.29. The average Bonchev–Trinajstić information content (AvgIpc) is 2.67. The Morgan fingerprint density at radius 2 is 2.15 bits per heavy atom. The molecule has 2 aliphatic carbocycles. The minimum absolute atomic E-state index is 0.0777. The molecule has 1 saturated carbocycles. The maximum atomic E-state index is 12.2. The predicted molar refractivity (Wildman–Crippen MR) is 72.6 cm³/mol. The van der Waals surface area contributed by atoms with Crippen LogP contribution in [0.3, 0.4) is 0 Å². The third-order valence-electron chi connectivity index (χ3n) is 5.56. The van der Waals surface area contributed by atoms with Crippen molar-refractivity contribution in [3.63, 3.8) is 0 Å². The van der Waals surface area contributed by atoms with Gasteiger partial charge in [0.15, 0.2) is 0 Å². The van der Waals surface area contributed by atoms with Crippen LogP contribution < -0.4 is 0 Å². The first-order valence-electron chi connectivity index (χ1n) is 7.45. The van der Waals surface area contributed by atoms with Gasteiger partial charge in [0.1, 0.15) is 6.10 Å². The fourth-order valence-corrected chi connectivity index (χ4v) is 4.29. The molecule has 0 aromatic carbocycles. The second-order valence-electron chi connectivity index (χ2n) is 6.74. The summed E-state index contributed by atoms with van der Waals surface area (Å²) in [7, 11) is 0. The van der Waals surface area contributed by atoms with E-state index in [-0.39, 0.29) is 29.9 Å². The van der Waals surface area contributed by atoms with E-state index in [2.05, 4.69) is 19.1 Å². The number of esters is 2. The summed E-state index contributed by atoms with van der Waals surface area (Å²) in [4.78, 5) is 23.5. The Morgan fingerprint density at radius 3 is 2.85 bits per heavy atom. The summed E-state index contributed by atoms with van der Waals surface area (Å²) >= 11 is 0. The maximum Gasteiger partial charge on any atom is 0.312 e. The van der Waals surface area contributed by atoms with Gasteiger partial charge < -0.3 is 9.47 Å². The molecule has 0 unspecified atom stereocenters. The first kappa shape index (κ1) is 13.7. The standard InChI is InChI=1S/C16H22O4/c1-9-6-11-4-5-12-8-19-15(18)16(12,3)13(11)7-14(9)20-10(2)17/h4-5,9,11-14H,6-8H2,1-3H3/t9-,11+,12-,13+,14-,16+/m1/s1. The van der Waals surface area contributed by atoms with Crippen LogP contribution in [0.1, 0.15) is 33.6 Å². The number of hydrogen-bond acceptors (Lipinski definition) is 4. The molecule has 1 aliphatic heterocycles. The summed E-state index contributed by atoms with van der Waals surface area (Å²) in [5.41, 5.74) is -0.446. The molecule has 0 radical (unpaired) electrons. The summed E-state index contributed by atoms with van der Waals surface area (Å²) < 4.78 is 10.8. The van der Waals surface area contributed by atoms with Crippen molar-refractivity contribution in [2.45, 2.75) is 39.7 Å². The van der Waals surface area contributed by atoms with Crippen LogP contribution in [0.2, 0.25) is 0 Å². The van der Waals surface area contributed by atoms with Gasteiger partial charge >= 0.3 is 11.9 Å². The molecular formula is C16H22O4. The number of cyclic esters (lactones) is 1. The average molecular weight is 278 g/mol. The zero-order valence-electron chi connectivity index (χ0n) is 12.3. The normalized spacial score (nSPS) is 46.4. The van der Waals surface area contributed by atoms with Crippen LogP contribution in [0.15, 0.2) is 12.2 Å². The molecule has 0 bridgehead atoms. The molecule has 4 heteroatoms. The van der Waals surface area contributed by atoms with Gasteiger partial charge in [0.25, 0.3) is 0 Å². The van der Waals surface area contributed by atoms with E-state index in [0.717, 1.165) is 12.8 Å². The molecule has 110 valence electrons. The van der Waals surface area contributed by atoms with Crippen molar-refractivity contribution in [2.75, 3.05) is 6.61 Å². The summed E-state index contributed by atoms with van der Waals surface area (Å²) in [5.74, 6) is 0.794. The molecule has 1 heterocycles. The first-order valence-corrected chi connectivity index (χ1v) is 7.45. The maximum absolute atomic E-state index is 12.2. The number of fused-ring (bicyclic) bond motifs is 3. The Bertz CT molecular complexity index is 469. The SMILES string of the molecule is CC(=O)O[C@@H]1C[C@H]2[C@@H](C=C[C@@H]3COC(=O)[C@@]32C)C[C@H]1C. The molecule has 3 aliphatic rings. The van der Waals surface area contributed by atoms with E-state index in [4.69, 9.17) is 9.47 Å². The second kappa shape index (κ2) is 4.61. The van der Waals surface area contributed by atoms with E-state index in [9.17, 15) is 9.59 Å². The highest BCUT2D eigenvalue weighted by Crippen LogP contribution is 2.55. The molecule has 1 saturated heterocycles. The molecule has 20 heavy (non-hydrogen) atoms. The Labute approximate surface area is 119 Å². The lowest BCUT2D eigenvalue weighted by Crippen LogP contribution is -2.49. The van der Waals surface area contributed by atoms with E-state index in [1.54, 1.807) is 0 Å². The number of ether oxygens (including phenoxy) is 2. The summed E-state index contributed by atoms with van der Waals surface area (Å²) in [6, 6.07) is 0. The van der Waals surface area contributed by atoms with Gasteiger partial charge in [-0.05, 0) is 37.5 Å². The molecule has 0 spiro atoms. The van der Waals surface area contributed by atoms with Crippen molar-refractivity contribution >= 4 is 11.9 Å². The Kier molecular flexibility index (Phi) is 3.14. The molecule has 0 N–H and O–H groups in total. The molecule has 3 rings (SSSR count). The number of allylic oxidation sites excluding steroid dienone is 1. The van der Waals surface area contributed by atoms with Crippen LogP contribution in [-0.4, -0.2) is 24.6 Å². The van der Waals surface area contributed by atoms with Crippen molar-refractivity contribution in [3.05, 3.63) is 12.2 Å². The largest absolute Gasteiger partial charge is 0.465 e. The monoisotopic (exact) mass is 278 g/mol. The van der Waals surface area contributed by atoms with Crippen molar-refractivity contribution in [3.8, 4) is 0 Å². The molecule has 6 atom stereocenters. The highest BCUT2D eigenvalue weighted by Gasteiger charge is 2.58. The predicted octanol–water partition coefficient (Wildman–Crippen LogP) is 2.33. The molecule has 0 aromatic heterocycles. The van der Waals surface area contributed by atoms with Gasteiger partial charge in [-0.15, -0.1) is 0 Å². The summed E-state index contributed by atoms with van der Waals surface area (Å²) in [6.07, 6.45) is 6.06. The van der Waals surface area contributed by atoms with Gasteiger partial charge in [-0.1, -0.05) is 19.1 Å². The Morgan fingerprint density at radius 1 is 1.40 bits per heavy atom. The first-order chi connectivity index (χ1) is 9.42. The lowest BCUT2D eigenvalue weighted by molar-refractivity contribution is -0.159. The Hall–Kier alpha value is -1.32. The van der Waals surface area contributed by atoms with Gasteiger partial charge in [0.2, 0.25) is 0 Å². The van der Waals surface area contributed by atoms with Gasteiger partial charge in [-0.25, -0.2) is 0 Å². The third-order valence-corrected chi connectivity index (χ3v) is 5.56. The lowest BCUT2D eigenvalue weighted by Gasteiger charge is -2.47. The van der Waals surface area contributed by atoms with Gasteiger partial charge in [0.05, 0.1) is 12.0 Å². The minimum atomic E-state index is -0.446. The van der Waals surface area contributed by atoms with Crippen LogP contribution in [0, 0.1) is 29.1 Å². The van der Waals surface area contributed by atoms with Crippen LogP contribution in [0.5, 0.6) is 0 Å². The van der Waals surface area contributed by atoms with Gasteiger partial charge in [0, 0.05) is 12.8 Å². The molecule has 2 fully saturated rings. The van der Waals surface area contributed by atoms with Gasteiger partial charge in [-0.3, -0.25) is 9.59 Å². The quantitative estimate of drug-likeness (QED) is 0.545. The van der Waals surface area contributed by atoms with E-state index < -0.39 is 5.41 Å². The van der Waals surface area contributed by atoms with Crippen LogP contribution >= 0.6 is 0 Å². The van der Waals surface area contributed by atoms with Crippen LogP contribution in [0.4, 0.5) is 0 Å². The third kappa shape index (κ3) is 1.88. The topological polar surface area (TPSA) is 52.6 Å². The molecule has 0 aromatic rings. The van der Waals surface area contributed by atoms with E-state index >= 15 is 0 Å². The summed E-state index contributed by atoms with van der Waals surface area (Å²) in [6.45, 7) is 6.09. The number of rotatable bonds is 1. The summed E-state index contributed by atoms with van der Waals surface area (Å²) in [5, 5.41) is 0. The van der Waals surface area contributed by atoms with Gasteiger partial charge in [-0.2, -0.15) is 0 Å². The molecular weight excluding hydrogens is 256 g/mol. The van der Waals surface area contributed by atoms with Crippen LogP contribution in [-0.2, 0) is 19.1 Å².